The van der Waals surface area contributed by atoms with Gasteiger partial charge in [0.15, 0.2) is 0 Å². The number of halogens is 3. The second-order valence-corrected chi connectivity index (χ2v) is 2.91. The van der Waals surface area contributed by atoms with Crippen molar-refractivity contribution in [3.63, 3.8) is 0 Å². The van der Waals surface area contributed by atoms with Crippen LogP contribution >= 0.6 is 0 Å². The highest BCUT2D eigenvalue weighted by atomic mass is 19.4. The van der Waals surface area contributed by atoms with Gasteiger partial charge in [-0.2, -0.15) is 13.2 Å². The van der Waals surface area contributed by atoms with E-state index < -0.39 is 11.7 Å². The fourth-order valence-corrected chi connectivity index (χ4v) is 1.16. The maximum Gasteiger partial charge on any atom is 0.416 e. The van der Waals surface area contributed by atoms with Gasteiger partial charge in [-0.25, -0.2) is 0 Å². The van der Waals surface area contributed by atoms with Gasteiger partial charge >= 0.3 is 6.18 Å². The van der Waals surface area contributed by atoms with Gasteiger partial charge in [0.05, 0.1) is 12.2 Å². The molecule has 1 aromatic carbocycles. The van der Waals surface area contributed by atoms with Crippen LogP contribution in [-0.4, -0.2) is 13.9 Å². The van der Waals surface area contributed by atoms with Crippen molar-refractivity contribution in [1.29, 1.82) is 0 Å². The Labute approximate surface area is 85.6 Å². The van der Waals surface area contributed by atoms with Crippen LogP contribution in [0, 0.1) is 0 Å². The summed E-state index contributed by atoms with van der Waals surface area (Å²) in [4.78, 5) is 0. The monoisotopic (exact) mass is 220 g/mol. The summed E-state index contributed by atoms with van der Waals surface area (Å²) in [6.07, 6.45) is -4.34. The number of methoxy groups -OCH3 is 1. The van der Waals surface area contributed by atoms with Crippen LogP contribution in [0.4, 0.5) is 13.2 Å². The zero-order chi connectivity index (χ0) is 11.3. The van der Waals surface area contributed by atoms with Gasteiger partial charge in [0.1, 0.15) is 6.79 Å². The molecule has 0 aliphatic rings. The number of alkyl halides is 3. The number of hydrogen-bond donors (Lipinski definition) is 0. The van der Waals surface area contributed by atoms with Gasteiger partial charge in [0, 0.05) is 7.11 Å². The molecule has 0 aliphatic heterocycles. The van der Waals surface area contributed by atoms with Crippen LogP contribution in [0.2, 0.25) is 0 Å². The molecule has 2 nitrogen and oxygen atoms in total. The minimum Gasteiger partial charge on any atom is -0.359 e. The van der Waals surface area contributed by atoms with E-state index in [0.717, 1.165) is 6.07 Å². The number of benzene rings is 1. The number of ether oxygens (including phenoxy) is 2. The lowest BCUT2D eigenvalue weighted by Gasteiger charge is -2.12. The van der Waals surface area contributed by atoms with Crippen molar-refractivity contribution in [2.45, 2.75) is 12.8 Å². The maximum absolute atomic E-state index is 12.5. The van der Waals surface area contributed by atoms with Crippen LogP contribution < -0.4 is 0 Å². The predicted molar refractivity (Wildman–Crippen MR) is 48.1 cm³/mol. The highest BCUT2D eigenvalue weighted by Gasteiger charge is 2.32. The van der Waals surface area contributed by atoms with Gasteiger partial charge < -0.3 is 9.47 Å². The molecule has 0 bridgehead atoms. The van der Waals surface area contributed by atoms with E-state index in [-0.39, 0.29) is 19.0 Å². The Bertz CT molecular complexity index is 310. The molecule has 0 saturated carbocycles. The van der Waals surface area contributed by atoms with Gasteiger partial charge in [-0.3, -0.25) is 0 Å². The summed E-state index contributed by atoms with van der Waals surface area (Å²) in [7, 11) is 1.41. The topological polar surface area (TPSA) is 18.5 Å². The van der Waals surface area contributed by atoms with Crippen LogP contribution in [0.5, 0.6) is 0 Å². The van der Waals surface area contributed by atoms with Gasteiger partial charge in [-0.05, 0) is 11.6 Å². The van der Waals surface area contributed by atoms with Crippen molar-refractivity contribution in [2.75, 3.05) is 13.9 Å². The molecule has 0 aromatic heterocycles. The first-order valence-electron chi connectivity index (χ1n) is 4.27. The molecule has 0 spiro atoms. The van der Waals surface area contributed by atoms with E-state index in [2.05, 4.69) is 4.74 Å². The molecular formula is C10H11F3O2. The quantitative estimate of drug-likeness (QED) is 0.573. The van der Waals surface area contributed by atoms with Crippen LogP contribution in [0.3, 0.4) is 0 Å². The molecule has 0 atom stereocenters. The Morgan fingerprint density at radius 3 is 2.47 bits per heavy atom. The average Bonchev–Trinajstić information content (AvgIpc) is 2.17. The minimum absolute atomic E-state index is 0.0216. The molecule has 15 heavy (non-hydrogen) atoms. The van der Waals surface area contributed by atoms with Crippen molar-refractivity contribution in [1.82, 2.24) is 0 Å². The molecule has 1 rings (SSSR count). The zero-order valence-corrected chi connectivity index (χ0v) is 8.17. The standard InChI is InChI=1S/C10H11F3O2/c1-14-7-15-6-8-4-2-3-5-9(8)10(11,12)13/h2-5H,6-7H2,1H3. The van der Waals surface area contributed by atoms with Crippen LogP contribution in [0.15, 0.2) is 24.3 Å². The van der Waals surface area contributed by atoms with Gasteiger partial charge in [-0.1, -0.05) is 18.2 Å². The molecule has 0 unspecified atom stereocenters. The highest BCUT2D eigenvalue weighted by molar-refractivity contribution is 5.28. The third kappa shape index (κ3) is 3.53. The summed E-state index contributed by atoms with van der Waals surface area (Å²) in [6, 6.07) is 5.31. The molecule has 0 fully saturated rings. The van der Waals surface area contributed by atoms with Gasteiger partial charge in [-0.15, -0.1) is 0 Å². The smallest absolute Gasteiger partial charge is 0.359 e. The second kappa shape index (κ2) is 5.14. The molecule has 5 heteroatoms. The molecule has 0 radical (unpaired) electrons. The van der Waals surface area contributed by atoms with Crippen molar-refractivity contribution >= 4 is 0 Å². The second-order valence-electron chi connectivity index (χ2n) is 2.91. The van der Waals surface area contributed by atoms with E-state index in [1.807, 2.05) is 0 Å². The van der Waals surface area contributed by atoms with Crippen molar-refractivity contribution < 1.29 is 22.6 Å². The molecular weight excluding hydrogens is 209 g/mol. The average molecular weight is 220 g/mol. The lowest BCUT2D eigenvalue weighted by atomic mass is 10.1. The van der Waals surface area contributed by atoms with Crippen LogP contribution in [0.25, 0.3) is 0 Å². The summed E-state index contributed by atoms with van der Waals surface area (Å²) < 4.78 is 46.9. The summed E-state index contributed by atoms with van der Waals surface area (Å²) in [6.45, 7) is -0.129. The summed E-state index contributed by atoms with van der Waals surface area (Å²) in [5.74, 6) is 0. The Morgan fingerprint density at radius 2 is 1.87 bits per heavy atom. The molecule has 0 N–H and O–H groups in total. The van der Waals surface area contributed by atoms with Crippen LogP contribution in [0.1, 0.15) is 11.1 Å². The largest absolute Gasteiger partial charge is 0.416 e. The maximum atomic E-state index is 12.5. The normalized spacial score (nSPS) is 11.7. The zero-order valence-electron chi connectivity index (χ0n) is 8.17. The summed E-state index contributed by atoms with van der Waals surface area (Å²) in [5, 5.41) is 0. The predicted octanol–water partition coefficient (Wildman–Crippen LogP) is 2.83. The lowest BCUT2D eigenvalue weighted by molar-refractivity contribution is -0.139. The molecule has 0 heterocycles. The third-order valence-corrected chi connectivity index (χ3v) is 1.78. The Kier molecular flexibility index (Phi) is 4.11. The van der Waals surface area contributed by atoms with Gasteiger partial charge in [0.2, 0.25) is 0 Å². The first-order chi connectivity index (χ1) is 7.05. The molecule has 0 aliphatic carbocycles. The number of hydrogen-bond acceptors (Lipinski definition) is 2. The number of rotatable bonds is 4. The van der Waals surface area contributed by atoms with Crippen molar-refractivity contribution in [2.24, 2.45) is 0 Å². The van der Waals surface area contributed by atoms with E-state index >= 15 is 0 Å². The van der Waals surface area contributed by atoms with E-state index in [4.69, 9.17) is 4.74 Å². The summed E-state index contributed by atoms with van der Waals surface area (Å²) in [5.41, 5.74) is -0.553. The molecule has 0 amide bonds. The molecule has 84 valence electrons. The minimum atomic E-state index is -4.34. The fourth-order valence-electron chi connectivity index (χ4n) is 1.16. The lowest BCUT2D eigenvalue weighted by Crippen LogP contribution is -2.10. The Morgan fingerprint density at radius 1 is 1.20 bits per heavy atom. The fraction of sp³-hybridized carbons (Fsp3) is 0.400. The summed E-state index contributed by atoms with van der Waals surface area (Å²) >= 11 is 0. The third-order valence-electron chi connectivity index (χ3n) is 1.78. The molecule has 1 aromatic rings. The highest BCUT2D eigenvalue weighted by Crippen LogP contribution is 2.31. The van der Waals surface area contributed by atoms with E-state index in [1.54, 1.807) is 6.07 Å². The van der Waals surface area contributed by atoms with Crippen LogP contribution in [-0.2, 0) is 22.3 Å². The first-order valence-corrected chi connectivity index (χ1v) is 4.27. The van der Waals surface area contributed by atoms with E-state index in [0.29, 0.717) is 0 Å². The van der Waals surface area contributed by atoms with Crippen molar-refractivity contribution in [3.05, 3.63) is 35.4 Å². The SMILES string of the molecule is COCOCc1ccccc1C(F)(F)F. The molecule has 0 saturated heterocycles. The Hall–Kier alpha value is -1.07. The van der Waals surface area contributed by atoms with Gasteiger partial charge in [0.25, 0.3) is 0 Å². The first kappa shape index (κ1) is 12.0. The van der Waals surface area contributed by atoms with E-state index in [9.17, 15) is 13.2 Å². The Balaban J connectivity index is 2.78. The van der Waals surface area contributed by atoms with Crippen molar-refractivity contribution in [3.8, 4) is 0 Å². The van der Waals surface area contributed by atoms with E-state index in [1.165, 1.54) is 19.2 Å².